The van der Waals surface area contributed by atoms with Gasteiger partial charge in [-0.2, -0.15) is 0 Å². The summed E-state index contributed by atoms with van der Waals surface area (Å²) in [5.74, 6) is 5.92. The molecule has 2 aliphatic carbocycles. The van der Waals surface area contributed by atoms with Crippen LogP contribution >= 0.6 is 11.6 Å². The highest BCUT2D eigenvalue weighted by Crippen LogP contribution is 2.53. The second kappa shape index (κ2) is 8.18. The molecule has 8 heteroatoms. The quantitative estimate of drug-likeness (QED) is 0.609. The van der Waals surface area contributed by atoms with E-state index in [0.717, 1.165) is 18.5 Å². The molecule has 1 aromatic carbocycles. The van der Waals surface area contributed by atoms with Gasteiger partial charge < -0.3 is 20.7 Å². The largest absolute Gasteiger partial charge is 0.378 e. The molecule has 1 heterocycles. The Labute approximate surface area is 192 Å². The van der Waals surface area contributed by atoms with Crippen LogP contribution in [0.15, 0.2) is 24.5 Å². The first-order valence-electron chi connectivity index (χ1n) is 10.8. The number of halogens is 2. The number of nitrogens with zero attached hydrogens (tertiary/aromatic N) is 2. The van der Waals surface area contributed by atoms with Gasteiger partial charge in [-0.3, -0.25) is 4.79 Å². The molecule has 32 heavy (non-hydrogen) atoms. The third kappa shape index (κ3) is 4.68. The molecule has 2 atom stereocenters. The number of benzene rings is 1. The Morgan fingerprint density at radius 3 is 2.62 bits per heavy atom. The molecule has 2 unspecified atom stereocenters. The van der Waals surface area contributed by atoms with Crippen molar-refractivity contribution in [1.29, 1.82) is 0 Å². The van der Waals surface area contributed by atoms with E-state index in [-0.39, 0.29) is 16.8 Å². The summed E-state index contributed by atoms with van der Waals surface area (Å²) in [5.41, 5.74) is 5.97. The lowest BCUT2D eigenvalue weighted by atomic mass is 9.92. The van der Waals surface area contributed by atoms with E-state index in [2.05, 4.69) is 22.1 Å². The van der Waals surface area contributed by atoms with Crippen LogP contribution in [0.1, 0.15) is 61.6 Å². The predicted molar refractivity (Wildman–Crippen MR) is 122 cm³/mol. The highest BCUT2D eigenvalue weighted by Gasteiger charge is 2.49. The van der Waals surface area contributed by atoms with E-state index < -0.39 is 17.0 Å². The number of rotatable bonds is 3. The maximum Gasteiger partial charge on any atom is 0.274 e. The number of hydrogen-bond donors (Lipinski definition) is 3. The van der Waals surface area contributed by atoms with Gasteiger partial charge in [0.25, 0.3) is 5.91 Å². The zero-order valence-corrected chi connectivity index (χ0v) is 19.2. The molecule has 2 aliphatic rings. The SMILES string of the molecule is Cn1cnc(C2CC3CC(O)(C#CC(C)(C)N)CC3C2)c1C(=O)Nc1ccc(F)c(Cl)c1. The molecular weight excluding hydrogens is 431 g/mol. The van der Waals surface area contributed by atoms with Gasteiger partial charge in [0, 0.05) is 18.7 Å². The highest BCUT2D eigenvalue weighted by molar-refractivity contribution is 6.31. The second-order valence-corrected chi connectivity index (χ2v) is 10.2. The van der Waals surface area contributed by atoms with E-state index in [1.54, 1.807) is 17.9 Å². The lowest BCUT2D eigenvalue weighted by Gasteiger charge is -2.20. The average molecular weight is 459 g/mol. The molecular formula is C24H28ClFN4O2. The van der Waals surface area contributed by atoms with E-state index in [1.807, 2.05) is 13.8 Å². The van der Waals surface area contributed by atoms with Gasteiger partial charge in [0.05, 0.1) is 22.6 Å². The van der Waals surface area contributed by atoms with Gasteiger partial charge >= 0.3 is 0 Å². The van der Waals surface area contributed by atoms with Crippen molar-refractivity contribution in [3.8, 4) is 11.8 Å². The molecule has 170 valence electrons. The monoisotopic (exact) mass is 458 g/mol. The van der Waals surface area contributed by atoms with Crippen LogP contribution in [-0.2, 0) is 7.05 Å². The van der Waals surface area contributed by atoms with Crippen LogP contribution in [0.3, 0.4) is 0 Å². The number of nitrogens with two attached hydrogens (primary N) is 1. The standard InChI is InChI=1S/C24H28ClFN4O2/c1-23(2,27)6-7-24(32)11-15-8-14(9-16(15)12-24)20-21(30(3)13-28-20)22(31)29-17-4-5-19(26)18(25)10-17/h4-5,10,13-16,32H,8-9,11-12,27H2,1-3H3,(H,29,31). The summed E-state index contributed by atoms with van der Waals surface area (Å²) < 4.78 is 15.1. The van der Waals surface area contributed by atoms with E-state index in [4.69, 9.17) is 17.3 Å². The fourth-order valence-corrected chi connectivity index (χ4v) is 5.23. The third-order valence-corrected chi connectivity index (χ3v) is 6.69. The number of nitrogens with one attached hydrogen (secondary N) is 1. The van der Waals surface area contributed by atoms with Crippen molar-refractivity contribution in [1.82, 2.24) is 9.55 Å². The van der Waals surface area contributed by atoms with E-state index in [0.29, 0.717) is 36.1 Å². The molecule has 1 amide bonds. The summed E-state index contributed by atoms with van der Waals surface area (Å²) in [6.07, 6.45) is 4.56. The Balaban J connectivity index is 1.48. The lowest BCUT2D eigenvalue weighted by Crippen LogP contribution is -2.32. The molecule has 0 radical (unpaired) electrons. The molecule has 0 aliphatic heterocycles. The van der Waals surface area contributed by atoms with E-state index in [9.17, 15) is 14.3 Å². The van der Waals surface area contributed by atoms with Gasteiger partial charge in [0.15, 0.2) is 0 Å². The highest BCUT2D eigenvalue weighted by atomic mass is 35.5. The summed E-state index contributed by atoms with van der Waals surface area (Å²) in [5, 5.41) is 13.7. The number of aryl methyl sites for hydroxylation is 1. The number of carbonyl (C=O) groups excluding carboxylic acids is 1. The number of aliphatic hydroxyl groups is 1. The van der Waals surface area contributed by atoms with Gasteiger partial charge in [-0.1, -0.05) is 23.4 Å². The minimum atomic E-state index is -0.997. The van der Waals surface area contributed by atoms with Crippen LogP contribution < -0.4 is 11.1 Å². The van der Waals surface area contributed by atoms with Crippen LogP contribution in [0.2, 0.25) is 5.02 Å². The molecule has 4 N–H and O–H groups in total. The van der Waals surface area contributed by atoms with Gasteiger partial charge in [0.1, 0.15) is 17.1 Å². The molecule has 6 nitrogen and oxygen atoms in total. The minimum absolute atomic E-state index is 0.0507. The van der Waals surface area contributed by atoms with Crippen molar-refractivity contribution >= 4 is 23.2 Å². The third-order valence-electron chi connectivity index (χ3n) is 6.40. The number of aromatic nitrogens is 2. The Hall–Kier alpha value is -2.40. The molecule has 1 aromatic heterocycles. The van der Waals surface area contributed by atoms with Crippen molar-refractivity contribution in [2.45, 2.75) is 56.6 Å². The van der Waals surface area contributed by atoms with Gasteiger partial charge in [0.2, 0.25) is 0 Å². The first kappa shape index (κ1) is 22.8. The second-order valence-electron chi connectivity index (χ2n) is 9.77. The minimum Gasteiger partial charge on any atom is -0.378 e. The predicted octanol–water partition coefficient (Wildman–Crippen LogP) is 3.84. The van der Waals surface area contributed by atoms with Crippen molar-refractivity contribution in [2.75, 3.05) is 5.32 Å². The van der Waals surface area contributed by atoms with Crippen molar-refractivity contribution in [3.63, 3.8) is 0 Å². The normalized spacial score (nSPS) is 27.0. The zero-order chi connectivity index (χ0) is 23.3. The maximum atomic E-state index is 13.4. The van der Waals surface area contributed by atoms with Crippen LogP contribution in [0.5, 0.6) is 0 Å². The number of hydrogen-bond acceptors (Lipinski definition) is 4. The Morgan fingerprint density at radius 2 is 2.03 bits per heavy atom. The maximum absolute atomic E-state index is 13.4. The van der Waals surface area contributed by atoms with Crippen molar-refractivity contribution in [2.24, 2.45) is 24.6 Å². The molecule has 0 saturated heterocycles. The fourth-order valence-electron chi connectivity index (χ4n) is 5.05. The molecule has 0 bridgehead atoms. The van der Waals surface area contributed by atoms with Crippen LogP contribution in [0.25, 0.3) is 0 Å². The number of imidazole rings is 1. The topological polar surface area (TPSA) is 93.2 Å². The first-order chi connectivity index (χ1) is 14.9. The van der Waals surface area contributed by atoms with Gasteiger partial charge in [-0.15, -0.1) is 0 Å². The first-order valence-corrected chi connectivity index (χ1v) is 11.1. The van der Waals surface area contributed by atoms with Gasteiger partial charge in [-0.25, -0.2) is 9.37 Å². The van der Waals surface area contributed by atoms with Crippen molar-refractivity contribution in [3.05, 3.63) is 46.8 Å². The summed E-state index contributed by atoms with van der Waals surface area (Å²) in [4.78, 5) is 17.6. The Bertz CT molecular complexity index is 1100. The molecule has 2 saturated carbocycles. The molecule has 0 spiro atoms. The fraction of sp³-hybridized carbons (Fsp3) is 0.500. The molecule has 2 aromatic rings. The van der Waals surface area contributed by atoms with Crippen LogP contribution in [0, 0.1) is 29.5 Å². The summed E-state index contributed by atoms with van der Waals surface area (Å²) in [6.45, 7) is 3.64. The lowest BCUT2D eigenvalue weighted by molar-refractivity contribution is 0.0977. The number of anilines is 1. The van der Waals surface area contributed by atoms with E-state index in [1.165, 1.54) is 18.2 Å². The number of amides is 1. The Morgan fingerprint density at radius 1 is 1.38 bits per heavy atom. The summed E-state index contributed by atoms with van der Waals surface area (Å²) >= 11 is 5.83. The summed E-state index contributed by atoms with van der Waals surface area (Å²) in [6, 6.07) is 4.07. The molecule has 4 rings (SSSR count). The average Bonchev–Trinajstić information content (AvgIpc) is 3.33. The Kier molecular flexibility index (Phi) is 5.83. The molecule has 2 fully saturated rings. The smallest absolute Gasteiger partial charge is 0.274 e. The van der Waals surface area contributed by atoms with Gasteiger partial charge in [-0.05, 0) is 69.6 Å². The summed E-state index contributed by atoms with van der Waals surface area (Å²) in [7, 11) is 1.78. The zero-order valence-electron chi connectivity index (χ0n) is 18.5. The van der Waals surface area contributed by atoms with Crippen LogP contribution in [0.4, 0.5) is 10.1 Å². The van der Waals surface area contributed by atoms with E-state index >= 15 is 0 Å². The van der Waals surface area contributed by atoms with Crippen molar-refractivity contribution < 1.29 is 14.3 Å². The number of carbonyl (C=O) groups is 1. The van der Waals surface area contributed by atoms with Crippen LogP contribution in [-0.4, -0.2) is 31.7 Å². The number of fused-ring (bicyclic) bond motifs is 1.